The summed E-state index contributed by atoms with van der Waals surface area (Å²) in [7, 11) is 2.99. The minimum Gasteiger partial charge on any atom is -0.479 e. The molecule has 1 unspecified atom stereocenters. The van der Waals surface area contributed by atoms with Gasteiger partial charge in [0, 0.05) is 26.6 Å². The molecule has 2 aliphatic rings. The van der Waals surface area contributed by atoms with Gasteiger partial charge in [0.2, 0.25) is 5.91 Å². The summed E-state index contributed by atoms with van der Waals surface area (Å²) in [6.07, 6.45) is 1.22. The number of nitrogens with one attached hydrogen (secondary N) is 1. The average Bonchev–Trinajstić information content (AvgIpc) is 3.49. The SMILES string of the molecule is COC(CNC(=O)OCC1c2ccccc2-c2ccccc21)CC(=O)N(C)C1(C(=O)O)CCCC1. The Labute approximate surface area is 205 Å². The van der Waals surface area contributed by atoms with Crippen molar-refractivity contribution in [3.8, 4) is 11.1 Å². The van der Waals surface area contributed by atoms with E-state index in [1.807, 2.05) is 24.3 Å². The summed E-state index contributed by atoms with van der Waals surface area (Å²) in [4.78, 5) is 38.5. The normalized spacial score (nSPS) is 16.7. The Balaban J connectivity index is 1.30. The molecule has 2 aliphatic carbocycles. The highest BCUT2D eigenvalue weighted by atomic mass is 16.5. The zero-order valence-corrected chi connectivity index (χ0v) is 20.2. The first-order valence-electron chi connectivity index (χ1n) is 12.0. The number of nitrogens with zero attached hydrogens (tertiary/aromatic N) is 1. The van der Waals surface area contributed by atoms with Gasteiger partial charge in [-0.3, -0.25) is 4.79 Å². The molecule has 0 saturated heterocycles. The number of rotatable bonds is 9. The van der Waals surface area contributed by atoms with E-state index in [0.717, 1.165) is 35.1 Å². The fourth-order valence-electron chi connectivity index (χ4n) is 5.31. The number of ether oxygens (including phenoxy) is 2. The summed E-state index contributed by atoms with van der Waals surface area (Å²) in [5.74, 6) is -1.34. The van der Waals surface area contributed by atoms with Crippen LogP contribution in [0.3, 0.4) is 0 Å². The summed E-state index contributed by atoms with van der Waals surface area (Å²) in [6, 6.07) is 16.2. The van der Waals surface area contributed by atoms with Gasteiger partial charge in [0.05, 0.1) is 12.5 Å². The number of hydrogen-bond donors (Lipinski definition) is 2. The predicted molar refractivity (Wildman–Crippen MR) is 130 cm³/mol. The third-order valence-corrected chi connectivity index (χ3v) is 7.40. The van der Waals surface area contributed by atoms with Gasteiger partial charge < -0.3 is 24.8 Å². The van der Waals surface area contributed by atoms with E-state index in [0.29, 0.717) is 12.8 Å². The lowest BCUT2D eigenvalue weighted by atomic mass is 9.95. The molecule has 4 rings (SSSR count). The zero-order chi connectivity index (χ0) is 25.0. The van der Waals surface area contributed by atoms with E-state index < -0.39 is 23.7 Å². The Bertz CT molecular complexity index is 1050. The summed E-state index contributed by atoms with van der Waals surface area (Å²) in [5, 5.41) is 12.4. The Kier molecular flexibility index (Phi) is 7.40. The third-order valence-electron chi connectivity index (χ3n) is 7.40. The van der Waals surface area contributed by atoms with Crippen molar-refractivity contribution in [3.05, 3.63) is 59.7 Å². The van der Waals surface area contributed by atoms with Gasteiger partial charge in [-0.2, -0.15) is 0 Å². The number of methoxy groups -OCH3 is 1. The summed E-state index contributed by atoms with van der Waals surface area (Å²) >= 11 is 0. The van der Waals surface area contributed by atoms with Crippen LogP contribution >= 0.6 is 0 Å². The van der Waals surface area contributed by atoms with Crippen LogP contribution in [0.15, 0.2) is 48.5 Å². The van der Waals surface area contributed by atoms with Crippen LogP contribution in [0.5, 0.6) is 0 Å². The minimum atomic E-state index is -1.16. The largest absolute Gasteiger partial charge is 0.479 e. The highest BCUT2D eigenvalue weighted by Gasteiger charge is 2.47. The van der Waals surface area contributed by atoms with Crippen LogP contribution in [0.1, 0.15) is 49.1 Å². The van der Waals surface area contributed by atoms with Crippen molar-refractivity contribution < 1.29 is 29.0 Å². The fraction of sp³-hybridized carbons (Fsp3) is 0.444. The molecule has 2 amide bonds. The van der Waals surface area contributed by atoms with Crippen molar-refractivity contribution in [2.45, 2.75) is 49.7 Å². The highest BCUT2D eigenvalue weighted by molar-refractivity contribution is 5.87. The van der Waals surface area contributed by atoms with Crippen molar-refractivity contribution in [2.75, 3.05) is 27.3 Å². The smallest absolute Gasteiger partial charge is 0.407 e. The van der Waals surface area contributed by atoms with E-state index in [9.17, 15) is 19.5 Å². The summed E-state index contributed by atoms with van der Waals surface area (Å²) in [5.41, 5.74) is 3.41. The second-order valence-corrected chi connectivity index (χ2v) is 9.26. The van der Waals surface area contributed by atoms with Gasteiger partial charge in [-0.15, -0.1) is 0 Å². The van der Waals surface area contributed by atoms with E-state index in [4.69, 9.17) is 9.47 Å². The number of benzene rings is 2. The Morgan fingerprint density at radius 1 is 1.06 bits per heavy atom. The molecule has 1 atom stereocenters. The molecule has 0 heterocycles. The van der Waals surface area contributed by atoms with Crippen LogP contribution in [0.25, 0.3) is 11.1 Å². The maximum Gasteiger partial charge on any atom is 0.407 e. The molecular weight excluding hydrogens is 448 g/mol. The van der Waals surface area contributed by atoms with Crippen molar-refractivity contribution in [3.63, 3.8) is 0 Å². The predicted octanol–water partition coefficient (Wildman–Crippen LogP) is 3.79. The van der Waals surface area contributed by atoms with Gasteiger partial charge in [0.15, 0.2) is 0 Å². The van der Waals surface area contributed by atoms with Gasteiger partial charge in [-0.1, -0.05) is 61.4 Å². The number of carbonyl (C=O) groups excluding carboxylic acids is 2. The topological polar surface area (TPSA) is 105 Å². The second-order valence-electron chi connectivity index (χ2n) is 9.26. The lowest BCUT2D eigenvalue weighted by molar-refractivity contribution is -0.158. The highest BCUT2D eigenvalue weighted by Crippen LogP contribution is 2.44. The van der Waals surface area contributed by atoms with Crippen molar-refractivity contribution in [1.29, 1.82) is 0 Å². The Morgan fingerprint density at radius 3 is 2.17 bits per heavy atom. The van der Waals surface area contributed by atoms with Gasteiger partial charge in [-0.25, -0.2) is 9.59 Å². The van der Waals surface area contributed by atoms with Gasteiger partial charge in [-0.05, 0) is 35.1 Å². The molecule has 8 heteroatoms. The molecule has 8 nitrogen and oxygen atoms in total. The lowest BCUT2D eigenvalue weighted by Gasteiger charge is -2.35. The van der Waals surface area contributed by atoms with Crippen LogP contribution < -0.4 is 5.32 Å². The molecule has 35 heavy (non-hydrogen) atoms. The molecule has 2 aromatic carbocycles. The molecule has 0 aliphatic heterocycles. The Hall–Kier alpha value is -3.39. The van der Waals surface area contributed by atoms with Gasteiger partial charge in [0.25, 0.3) is 0 Å². The molecular formula is C27H32N2O6. The van der Waals surface area contributed by atoms with E-state index in [2.05, 4.69) is 29.6 Å². The van der Waals surface area contributed by atoms with Crippen LogP contribution in [0, 0.1) is 0 Å². The molecule has 0 radical (unpaired) electrons. The average molecular weight is 481 g/mol. The van der Waals surface area contributed by atoms with Crippen molar-refractivity contribution in [2.24, 2.45) is 0 Å². The number of fused-ring (bicyclic) bond motifs is 3. The summed E-state index contributed by atoms with van der Waals surface area (Å²) < 4.78 is 10.9. The van der Waals surface area contributed by atoms with Gasteiger partial charge >= 0.3 is 12.1 Å². The second kappa shape index (κ2) is 10.5. The quantitative estimate of drug-likeness (QED) is 0.566. The van der Waals surface area contributed by atoms with Crippen LogP contribution in [0.4, 0.5) is 4.79 Å². The van der Waals surface area contributed by atoms with E-state index in [1.165, 1.54) is 19.1 Å². The molecule has 0 bridgehead atoms. The first-order valence-corrected chi connectivity index (χ1v) is 12.0. The third kappa shape index (κ3) is 4.89. The number of carboxylic acid groups (broad SMARTS) is 1. The van der Waals surface area contributed by atoms with E-state index in [1.54, 1.807) is 0 Å². The van der Waals surface area contributed by atoms with E-state index >= 15 is 0 Å². The Morgan fingerprint density at radius 2 is 1.63 bits per heavy atom. The molecule has 0 aromatic heterocycles. The van der Waals surface area contributed by atoms with E-state index in [-0.39, 0.29) is 31.4 Å². The number of carbonyl (C=O) groups is 3. The minimum absolute atomic E-state index is 0.0360. The number of carboxylic acids is 1. The monoisotopic (exact) mass is 480 g/mol. The lowest BCUT2D eigenvalue weighted by Crippen LogP contribution is -2.54. The van der Waals surface area contributed by atoms with Crippen LogP contribution in [0.2, 0.25) is 0 Å². The zero-order valence-electron chi connectivity index (χ0n) is 20.2. The summed E-state index contributed by atoms with van der Waals surface area (Å²) in [6.45, 7) is 0.271. The first kappa shape index (κ1) is 24.7. The standard InChI is InChI=1S/C27H32N2O6/c1-29(27(25(31)32)13-7-8-14-27)24(30)15-18(34-2)16-28-26(33)35-17-23-21-11-5-3-9-19(21)20-10-4-6-12-22(20)23/h3-6,9-12,18,23H,7-8,13-17H2,1-2H3,(H,28,33)(H,31,32). The van der Waals surface area contributed by atoms with Crippen LogP contribution in [-0.4, -0.2) is 66.9 Å². The number of likely N-dealkylation sites (N-methyl/N-ethyl adjacent to an activating group) is 1. The number of hydrogen-bond acceptors (Lipinski definition) is 5. The number of amides is 2. The first-order chi connectivity index (χ1) is 16.9. The number of alkyl carbamates (subject to hydrolysis) is 1. The maximum absolute atomic E-state index is 12.8. The van der Waals surface area contributed by atoms with Gasteiger partial charge in [0.1, 0.15) is 12.1 Å². The molecule has 0 spiro atoms. The molecule has 186 valence electrons. The molecule has 2 N–H and O–H groups in total. The molecule has 1 saturated carbocycles. The maximum atomic E-state index is 12.8. The van der Waals surface area contributed by atoms with Crippen LogP contribution in [-0.2, 0) is 19.1 Å². The molecule has 1 fully saturated rings. The molecule has 2 aromatic rings. The number of aliphatic carboxylic acids is 1. The van der Waals surface area contributed by atoms with Crippen molar-refractivity contribution >= 4 is 18.0 Å². The fourth-order valence-corrected chi connectivity index (χ4v) is 5.31. The van der Waals surface area contributed by atoms with Crippen molar-refractivity contribution in [1.82, 2.24) is 10.2 Å².